The molecule has 1 aromatic rings. The summed E-state index contributed by atoms with van der Waals surface area (Å²) in [6.07, 6.45) is 10.5. The van der Waals surface area contributed by atoms with Crippen LogP contribution in [0.5, 0.6) is 0 Å². The fourth-order valence-corrected chi connectivity index (χ4v) is 2.39. The van der Waals surface area contributed by atoms with Gasteiger partial charge in [0.15, 0.2) is 5.78 Å². The molecule has 1 heteroatoms. The van der Waals surface area contributed by atoms with Crippen molar-refractivity contribution in [1.82, 2.24) is 0 Å². The van der Waals surface area contributed by atoms with Crippen LogP contribution in [0.4, 0.5) is 0 Å². The standard InChI is InChI=1S/C17H20O/c1-2-3-4-6-9-14-12-16(17(18)13-14)15-10-7-5-8-11-15/h3-5,7-8,10-12,14H,2,6,9,13H2,1H3/b4-3+/t14-/m0/s1. The van der Waals surface area contributed by atoms with Crippen LogP contribution < -0.4 is 0 Å². The fourth-order valence-electron chi connectivity index (χ4n) is 2.39. The minimum absolute atomic E-state index is 0.297. The van der Waals surface area contributed by atoms with Gasteiger partial charge in [0.05, 0.1) is 0 Å². The van der Waals surface area contributed by atoms with Gasteiger partial charge in [-0.2, -0.15) is 0 Å². The van der Waals surface area contributed by atoms with Crippen LogP contribution in [0.3, 0.4) is 0 Å². The van der Waals surface area contributed by atoms with E-state index in [-0.39, 0.29) is 0 Å². The molecule has 0 aliphatic heterocycles. The molecular weight excluding hydrogens is 220 g/mol. The average molecular weight is 240 g/mol. The second-order valence-corrected chi connectivity index (χ2v) is 4.79. The summed E-state index contributed by atoms with van der Waals surface area (Å²) in [4.78, 5) is 12.0. The number of carbonyl (C=O) groups excluding carboxylic acids is 1. The lowest BCUT2D eigenvalue weighted by molar-refractivity contribution is -0.113. The second-order valence-electron chi connectivity index (χ2n) is 4.79. The highest BCUT2D eigenvalue weighted by atomic mass is 16.1. The molecule has 2 rings (SSSR count). The Hall–Kier alpha value is -1.63. The number of Topliss-reactive ketones (excluding diaryl/α,β-unsaturated/α-hetero) is 1. The highest BCUT2D eigenvalue weighted by molar-refractivity contribution is 6.22. The maximum atomic E-state index is 12.0. The van der Waals surface area contributed by atoms with E-state index in [0.29, 0.717) is 18.1 Å². The van der Waals surface area contributed by atoms with Crippen LogP contribution in [0.15, 0.2) is 48.6 Å². The summed E-state index contributed by atoms with van der Waals surface area (Å²) in [5, 5.41) is 0. The van der Waals surface area contributed by atoms with E-state index in [4.69, 9.17) is 0 Å². The van der Waals surface area contributed by atoms with Gasteiger partial charge in [-0.25, -0.2) is 0 Å². The zero-order chi connectivity index (χ0) is 12.8. The summed E-state index contributed by atoms with van der Waals surface area (Å²) in [5.41, 5.74) is 1.98. The van der Waals surface area contributed by atoms with E-state index in [1.807, 2.05) is 30.3 Å². The summed E-state index contributed by atoms with van der Waals surface area (Å²) >= 11 is 0. The van der Waals surface area contributed by atoms with Gasteiger partial charge in [0.25, 0.3) is 0 Å². The molecule has 1 nitrogen and oxygen atoms in total. The quantitative estimate of drug-likeness (QED) is 0.697. The van der Waals surface area contributed by atoms with Gasteiger partial charge in [-0.3, -0.25) is 4.79 Å². The molecule has 0 fully saturated rings. The first-order chi connectivity index (χ1) is 8.81. The number of hydrogen-bond donors (Lipinski definition) is 0. The van der Waals surface area contributed by atoms with E-state index < -0.39 is 0 Å². The molecule has 0 N–H and O–H groups in total. The molecule has 1 atom stereocenters. The molecule has 0 spiro atoms. The molecule has 1 aromatic carbocycles. The van der Waals surface area contributed by atoms with E-state index in [9.17, 15) is 4.79 Å². The summed E-state index contributed by atoms with van der Waals surface area (Å²) < 4.78 is 0. The molecule has 18 heavy (non-hydrogen) atoms. The maximum Gasteiger partial charge on any atom is 0.163 e. The molecule has 1 aliphatic rings. The lowest BCUT2D eigenvalue weighted by Crippen LogP contribution is -1.98. The zero-order valence-electron chi connectivity index (χ0n) is 10.9. The van der Waals surface area contributed by atoms with Crippen molar-refractivity contribution in [2.75, 3.05) is 0 Å². The summed E-state index contributed by atoms with van der Waals surface area (Å²) in [5.74, 6) is 0.722. The van der Waals surface area contributed by atoms with Gasteiger partial charge in [0.1, 0.15) is 0 Å². The van der Waals surface area contributed by atoms with E-state index in [1.165, 1.54) is 0 Å². The summed E-state index contributed by atoms with van der Waals surface area (Å²) in [7, 11) is 0. The van der Waals surface area contributed by atoms with Gasteiger partial charge >= 0.3 is 0 Å². The number of rotatable bonds is 5. The Morgan fingerprint density at radius 3 is 2.72 bits per heavy atom. The van der Waals surface area contributed by atoms with Crippen molar-refractivity contribution >= 4 is 11.4 Å². The Morgan fingerprint density at radius 1 is 1.22 bits per heavy atom. The van der Waals surface area contributed by atoms with Crippen LogP contribution in [-0.2, 0) is 4.79 Å². The molecule has 0 bridgehead atoms. The zero-order valence-corrected chi connectivity index (χ0v) is 10.9. The fraction of sp³-hybridized carbons (Fsp3) is 0.353. The largest absolute Gasteiger partial charge is 0.294 e. The molecule has 0 unspecified atom stereocenters. The summed E-state index contributed by atoms with van der Waals surface area (Å²) in [6, 6.07) is 9.99. The van der Waals surface area contributed by atoms with Crippen LogP contribution in [-0.4, -0.2) is 5.78 Å². The number of benzene rings is 1. The first-order valence-corrected chi connectivity index (χ1v) is 6.76. The van der Waals surface area contributed by atoms with Crippen LogP contribution in [0.1, 0.15) is 38.2 Å². The third-order valence-electron chi connectivity index (χ3n) is 3.34. The molecule has 0 saturated carbocycles. The Balaban J connectivity index is 2.00. The van der Waals surface area contributed by atoms with Gasteiger partial charge < -0.3 is 0 Å². The lowest BCUT2D eigenvalue weighted by atomic mass is 10.0. The predicted octanol–water partition coefficient (Wildman–Crippen LogP) is 4.41. The van der Waals surface area contributed by atoms with E-state index >= 15 is 0 Å². The normalized spacial score (nSPS) is 19.5. The average Bonchev–Trinajstić information content (AvgIpc) is 2.77. The predicted molar refractivity (Wildman–Crippen MR) is 76.2 cm³/mol. The lowest BCUT2D eigenvalue weighted by Gasteiger charge is -2.01. The van der Waals surface area contributed by atoms with Crippen LogP contribution >= 0.6 is 0 Å². The highest BCUT2D eigenvalue weighted by Crippen LogP contribution is 2.31. The molecule has 0 radical (unpaired) electrons. The number of hydrogen-bond acceptors (Lipinski definition) is 1. The van der Waals surface area contributed by atoms with Crippen molar-refractivity contribution in [3.05, 3.63) is 54.1 Å². The minimum atomic E-state index is 0.297. The molecule has 0 amide bonds. The molecule has 94 valence electrons. The van der Waals surface area contributed by atoms with Crippen molar-refractivity contribution in [3.63, 3.8) is 0 Å². The molecule has 1 aliphatic carbocycles. The van der Waals surface area contributed by atoms with Crippen LogP contribution in [0.2, 0.25) is 0 Å². The highest BCUT2D eigenvalue weighted by Gasteiger charge is 2.24. The number of carbonyl (C=O) groups is 1. The molecule has 0 saturated heterocycles. The van der Waals surface area contributed by atoms with Crippen molar-refractivity contribution in [1.29, 1.82) is 0 Å². The third kappa shape index (κ3) is 3.19. The van der Waals surface area contributed by atoms with Crippen molar-refractivity contribution in [2.24, 2.45) is 5.92 Å². The minimum Gasteiger partial charge on any atom is -0.294 e. The van der Waals surface area contributed by atoms with Crippen LogP contribution in [0, 0.1) is 5.92 Å². The SMILES string of the molecule is CC/C=C/CC[C@H]1C=C(c2ccccc2)C(=O)C1. The summed E-state index contributed by atoms with van der Waals surface area (Å²) in [6.45, 7) is 2.14. The monoisotopic (exact) mass is 240 g/mol. The van der Waals surface area contributed by atoms with E-state index in [0.717, 1.165) is 30.4 Å². The smallest absolute Gasteiger partial charge is 0.163 e. The first-order valence-electron chi connectivity index (χ1n) is 6.76. The number of ketones is 1. The van der Waals surface area contributed by atoms with E-state index in [2.05, 4.69) is 25.2 Å². The van der Waals surface area contributed by atoms with Gasteiger partial charge in [-0.05, 0) is 30.7 Å². The molecule has 0 aromatic heterocycles. The van der Waals surface area contributed by atoms with Gasteiger partial charge in [-0.1, -0.05) is 55.5 Å². The van der Waals surface area contributed by atoms with Gasteiger partial charge in [-0.15, -0.1) is 0 Å². The Morgan fingerprint density at radius 2 is 2.00 bits per heavy atom. The Bertz CT molecular complexity index is 454. The number of allylic oxidation sites excluding steroid dienone is 4. The van der Waals surface area contributed by atoms with Crippen LogP contribution in [0.25, 0.3) is 5.57 Å². The Kier molecular flexibility index (Phi) is 4.52. The van der Waals surface area contributed by atoms with Gasteiger partial charge in [0.2, 0.25) is 0 Å². The third-order valence-corrected chi connectivity index (χ3v) is 3.34. The molecular formula is C17H20O. The van der Waals surface area contributed by atoms with Crippen molar-refractivity contribution < 1.29 is 4.79 Å². The topological polar surface area (TPSA) is 17.1 Å². The molecule has 0 heterocycles. The van der Waals surface area contributed by atoms with Gasteiger partial charge in [0, 0.05) is 12.0 Å². The maximum absolute atomic E-state index is 12.0. The van der Waals surface area contributed by atoms with E-state index in [1.54, 1.807) is 0 Å². The van der Waals surface area contributed by atoms with Crippen molar-refractivity contribution in [2.45, 2.75) is 32.6 Å². The Labute approximate surface area is 109 Å². The van der Waals surface area contributed by atoms with Crippen molar-refractivity contribution in [3.8, 4) is 0 Å². The second kappa shape index (κ2) is 6.34. The first kappa shape index (κ1) is 12.8.